The normalized spacial score (nSPS) is 11.4. The Balaban J connectivity index is 1.64. The van der Waals surface area contributed by atoms with Crippen LogP contribution in [0.2, 0.25) is 0 Å². The molecule has 0 fully saturated rings. The molecule has 0 aliphatic carbocycles. The Morgan fingerprint density at radius 2 is 1.86 bits per heavy atom. The number of amides is 2. The van der Waals surface area contributed by atoms with Gasteiger partial charge < -0.3 is 15.8 Å². The zero-order chi connectivity index (χ0) is 20.3. The number of thiophene rings is 1. The van der Waals surface area contributed by atoms with E-state index in [2.05, 4.69) is 5.32 Å². The summed E-state index contributed by atoms with van der Waals surface area (Å²) in [7, 11) is 0. The lowest BCUT2D eigenvalue weighted by Crippen LogP contribution is -2.27. The fourth-order valence-electron chi connectivity index (χ4n) is 2.63. The molecule has 2 amide bonds. The van der Waals surface area contributed by atoms with Gasteiger partial charge >= 0.3 is 6.18 Å². The summed E-state index contributed by atoms with van der Waals surface area (Å²) in [5.74, 6) is -0.840. The van der Waals surface area contributed by atoms with Crippen molar-refractivity contribution in [3.63, 3.8) is 0 Å². The number of halogens is 3. The Morgan fingerprint density at radius 3 is 2.57 bits per heavy atom. The van der Waals surface area contributed by atoms with E-state index in [0.29, 0.717) is 10.4 Å². The van der Waals surface area contributed by atoms with E-state index >= 15 is 0 Å². The summed E-state index contributed by atoms with van der Waals surface area (Å²) in [6.45, 7) is 0.168. The van der Waals surface area contributed by atoms with E-state index in [4.69, 9.17) is 10.5 Å². The number of nitrogens with two attached hydrogens (primary N) is 1. The Kier molecular flexibility index (Phi) is 5.55. The molecule has 0 unspecified atom stereocenters. The van der Waals surface area contributed by atoms with E-state index < -0.39 is 23.6 Å². The van der Waals surface area contributed by atoms with Crippen molar-refractivity contribution in [1.29, 1.82) is 0 Å². The number of para-hydroxylation sites is 1. The Morgan fingerprint density at radius 1 is 1.11 bits per heavy atom. The highest BCUT2D eigenvalue weighted by atomic mass is 32.1. The summed E-state index contributed by atoms with van der Waals surface area (Å²) >= 11 is 0.982. The van der Waals surface area contributed by atoms with Gasteiger partial charge in [-0.3, -0.25) is 9.59 Å². The fourth-order valence-corrected chi connectivity index (χ4v) is 3.63. The van der Waals surface area contributed by atoms with Crippen LogP contribution < -0.4 is 15.8 Å². The van der Waals surface area contributed by atoms with E-state index in [9.17, 15) is 22.8 Å². The van der Waals surface area contributed by atoms with Crippen LogP contribution in [0.25, 0.3) is 10.1 Å². The van der Waals surface area contributed by atoms with Crippen molar-refractivity contribution in [2.24, 2.45) is 5.73 Å². The third-order valence-corrected chi connectivity index (χ3v) is 4.99. The summed E-state index contributed by atoms with van der Waals surface area (Å²) in [5.41, 5.74) is 4.70. The zero-order valence-corrected chi connectivity index (χ0v) is 15.2. The van der Waals surface area contributed by atoms with Gasteiger partial charge in [0.25, 0.3) is 11.8 Å². The second-order valence-electron chi connectivity index (χ2n) is 5.79. The van der Waals surface area contributed by atoms with Crippen molar-refractivity contribution in [2.45, 2.75) is 6.18 Å². The number of hydrogen-bond donors (Lipinski definition) is 2. The smallest absolute Gasteiger partial charge is 0.417 e. The molecule has 1 aromatic heterocycles. The van der Waals surface area contributed by atoms with Crippen molar-refractivity contribution in [3.05, 3.63) is 64.5 Å². The fraction of sp³-hybridized carbons (Fsp3) is 0.158. The standard InChI is InChI=1S/C19H15F3N2O3S/c20-19(21,22)13-5-3-7-15-12(13)10-16(28-15)18(26)24-8-9-27-14-6-2-1-4-11(14)17(23)25/h1-7,10H,8-9H2,(H2,23,25)(H,24,26). The summed E-state index contributed by atoms with van der Waals surface area (Å²) in [6, 6.07) is 11.5. The van der Waals surface area contributed by atoms with Gasteiger partial charge in [-0.15, -0.1) is 11.3 Å². The van der Waals surface area contributed by atoms with Gasteiger partial charge in [0.1, 0.15) is 12.4 Å². The van der Waals surface area contributed by atoms with Crippen LogP contribution in [-0.4, -0.2) is 25.0 Å². The molecule has 0 radical (unpaired) electrons. The molecule has 0 saturated carbocycles. The van der Waals surface area contributed by atoms with Crippen LogP contribution >= 0.6 is 11.3 Å². The van der Waals surface area contributed by atoms with E-state index in [-0.39, 0.29) is 29.0 Å². The largest absolute Gasteiger partial charge is 0.491 e. The van der Waals surface area contributed by atoms with Gasteiger partial charge in [0.05, 0.1) is 22.5 Å². The van der Waals surface area contributed by atoms with Crippen molar-refractivity contribution in [2.75, 3.05) is 13.2 Å². The number of alkyl halides is 3. The van der Waals surface area contributed by atoms with Crippen LogP contribution in [-0.2, 0) is 6.18 Å². The lowest BCUT2D eigenvalue weighted by molar-refractivity contribution is -0.136. The molecule has 0 saturated heterocycles. The van der Waals surface area contributed by atoms with Crippen molar-refractivity contribution < 1.29 is 27.5 Å². The first-order valence-corrected chi connectivity index (χ1v) is 8.98. The van der Waals surface area contributed by atoms with Crippen LogP contribution in [0.4, 0.5) is 13.2 Å². The SMILES string of the molecule is NC(=O)c1ccccc1OCCNC(=O)c1cc2c(C(F)(F)F)cccc2s1. The van der Waals surface area contributed by atoms with Crippen molar-refractivity contribution in [1.82, 2.24) is 5.32 Å². The molecule has 9 heteroatoms. The highest BCUT2D eigenvalue weighted by molar-refractivity contribution is 7.20. The minimum absolute atomic E-state index is 0.00298. The molecule has 28 heavy (non-hydrogen) atoms. The minimum atomic E-state index is -4.49. The quantitative estimate of drug-likeness (QED) is 0.609. The van der Waals surface area contributed by atoms with E-state index in [1.165, 1.54) is 24.3 Å². The summed E-state index contributed by atoms with van der Waals surface area (Å²) < 4.78 is 45.1. The maximum absolute atomic E-state index is 13.1. The Hall–Kier alpha value is -3.07. The molecule has 3 N–H and O–H groups in total. The first-order chi connectivity index (χ1) is 13.3. The molecule has 5 nitrogen and oxygen atoms in total. The average Bonchev–Trinajstić information content (AvgIpc) is 3.08. The van der Waals surface area contributed by atoms with Gasteiger partial charge in [-0.05, 0) is 30.3 Å². The van der Waals surface area contributed by atoms with Crippen LogP contribution in [0.1, 0.15) is 25.6 Å². The zero-order valence-electron chi connectivity index (χ0n) is 14.4. The molecule has 3 aromatic rings. The number of benzene rings is 2. The third kappa shape index (κ3) is 4.25. The predicted molar refractivity (Wildman–Crippen MR) is 99.6 cm³/mol. The average molecular weight is 408 g/mol. The number of nitrogens with one attached hydrogen (secondary N) is 1. The number of hydrogen-bond acceptors (Lipinski definition) is 4. The maximum Gasteiger partial charge on any atom is 0.417 e. The van der Waals surface area contributed by atoms with Crippen molar-refractivity contribution in [3.8, 4) is 5.75 Å². The highest BCUT2D eigenvalue weighted by Gasteiger charge is 2.33. The monoisotopic (exact) mass is 408 g/mol. The number of fused-ring (bicyclic) bond motifs is 1. The summed E-state index contributed by atoms with van der Waals surface area (Å²) in [4.78, 5) is 23.7. The van der Waals surface area contributed by atoms with Crippen LogP contribution in [0.5, 0.6) is 5.75 Å². The maximum atomic E-state index is 13.1. The summed E-state index contributed by atoms with van der Waals surface area (Å²) in [6.07, 6.45) is -4.49. The van der Waals surface area contributed by atoms with Crippen LogP contribution in [0, 0.1) is 0 Å². The van der Waals surface area contributed by atoms with Gasteiger partial charge in [-0.25, -0.2) is 0 Å². The van der Waals surface area contributed by atoms with Gasteiger partial charge in [0.15, 0.2) is 0 Å². The van der Waals surface area contributed by atoms with Crippen molar-refractivity contribution >= 4 is 33.2 Å². The molecular formula is C19H15F3N2O3S. The molecule has 3 rings (SSSR count). The predicted octanol–water partition coefficient (Wildman–Crippen LogP) is 3.83. The highest BCUT2D eigenvalue weighted by Crippen LogP contribution is 2.37. The van der Waals surface area contributed by atoms with E-state index in [1.54, 1.807) is 18.2 Å². The minimum Gasteiger partial charge on any atom is -0.491 e. The molecular weight excluding hydrogens is 393 g/mol. The first kappa shape index (κ1) is 19.7. The van der Waals surface area contributed by atoms with Gasteiger partial charge in [0.2, 0.25) is 0 Å². The van der Waals surface area contributed by atoms with Crippen LogP contribution in [0.3, 0.4) is 0 Å². The number of ether oxygens (including phenoxy) is 1. The van der Waals surface area contributed by atoms with Gasteiger partial charge in [0, 0.05) is 10.1 Å². The Labute approximate surface area is 161 Å². The molecule has 146 valence electrons. The topological polar surface area (TPSA) is 81.4 Å². The number of rotatable bonds is 6. The summed E-state index contributed by atoms with van der Waals surface area (Å²) in [5, 5.41) is 2.58. The van der Waals surface area contributed by atoms with Gasteiger partial charge in [-0.1, -0.05) is 18.2 Å². The number of primary amides is 1. The lowest BCUT2D eigenvalue weighted by atomic mass is 10.1. The molecule has 2 aromatic carbocycles. The molecule has 0 atom stereocenters. The molecule has 0 spiro atoms. The van der Waals surface area contributed by atoms with E-state index in [0.717, 1.165) is 17.4 Å². The molecule has 0 bridgehead atoms. The number of carbonyl (C=O) groups excluding carboxylic acids is 2. The van der Waals surface area contributed by atoms with Gasteiger partial charge in [-0.2, -0.15) is 13.2 Å². The number of carbonyl (C=O) groups is 2. The molecule has 0 aliphatic rings. The molecule has 1 heterocycles. The lowest BCUT2D eigenvalue weighted by Gasteiger charge is -2.09. The second-order valence-corrected chi connectivity index (χ2v) is 6.87. The molecule has 0 aliphatic heterocycles. The van der Waals surface area contributed by atoms with Crippen LogP contribution in [0.15, 0.2) is 48.5 Å². The first-order valence-electron chi connectivity index (χ1n) is 8.17. The Bertz CT molecular complexity index is 1030. The third-order valence-electron chi connectivity index (χ3n) is 3.89. The second kappa shape index (κ2) is 7.89. The van der Waals surface area contributed by atoms with E-state index in [1.807, 2.05) is 0 Å².